The Morgan fingerprint density at radius 2 is 2.10 bits per heavy atom. The summed E-state index contributed by atoms with van der Waals surface area (Å²) in [5.74, 6) is 0. The zero-order chi connectivity index (χ0) is 15.3. The molecule has 0 fully saturated rings. The van der Waals surface area contributed by atoms with Crippen LogP contribution in [0.1, 0.15) is 25.0 Å². The highest BCUT2D eigenvalue weighted by Gasteiger charge is 2.31. The molecule has 0 aliphatic carbocycles. The summed E-state index contributed by atoms with van der Waals surface area (Å²) in [7, 11) is 0. The molecule has 1 aromatic carbocycles. The second-order valence-corrected chi connectivity index (χ2v) is 4.77. The number of nitrogens with one attached hydrogen (secondary N) is 1. The first-order chi connectivity index (χ1) is 9.25. The first-order valence-electron chi connectivity index (χ1n) is 6.11. The number of ether oxygens (including phenoxy) is 1. The molecule has 1 unspecified atom stereocenters. The quantitative estimate of drug-likeness (QED) is 0.793. The molecule has 0 radical (unpaired) electrons. The fourth-order valence-electron chi connectivity index (χ4n) is 1.65. The Labute approximate surface area is 121 Å². The average Bonchev–Trinajstić information content (AvgIpc) is 2.35. The maximum atomic E-state index is 12.7. The van der Waals surface area contributed by atoms with Crippen LogP contribution in [-0.2, 0) is 10.9 Å². The third kappa shape index (κ3) is 4.64. The predicted octanol–water partition coefficient (Wildman–Crippen LogP) is 3.18. The van der Waals surface area contributed by atoms with Gasteiger partial charge in [-0.15, -0.1) is 0 Å². The van der Waals surface area contributed by atoms with Crippen LogP contribution in [0.25, 0.3) is 0 Å². The Bertz CT molecular complexity index is 477. The number of alkyl halides is 3. The van der Waals surface area contributed by atoms with Crippen molar-refractivity contribution in [3.05, 3.63) is 29.3 Å². The number of anilines is 1. The molecule has 112 valence electrons. The maximum absolute atomic E-state index is 12.7. The number of thiocarbonyl (C=S) groups is 1. The largest absolute Gasteiger partial charge is 0.416 e. The van der Waals surface area contributed by atoms with Crippen molar-refractivity contribution >= 4 is 22.9 Å². The second kappa shape index (κ2) is 6.90. The fourth-order valence-corrected chi connectivity index (χ4v) is 1.82. The predicted molar refractivity (Wildman–Crippen MR) is 76.9 cm³/mol. The first-order valence-corrected chi connectivity index (χ1v) is 6.51. The van der Waals surface area contributed by atoms with E-state index in [1.807, 2.05) is 13.8 Å². The summed E-state index contributed by atoms with van der Waals surface area (Å²) in [6, 6.07) is 3.22. The minimum absolute atomic E-state index is 0.0696. The summed E-state index contributed by atoms with van der Waals surface area (Å²) in [4.78, 5) is -0.0813. The van der Waals surface area contributed by atoms with E-state index in [0.29, 0.717) is 18.9 Å². The van der Waals surface area contributed by atoms with Gasteiger partial charge in [-0.05, 0) is 32.0 Å². The number of rotatable bonds is 6. The van der Waals surface area contributed by atoms with E-state index >= 15 is 0 Å². The molecule has 0 saturated carbocycles. The molecule has 0 bridgehead atoms. The highest BCUT2D eigenvalue weighted by Crippen LogP contribution is 2.32. The zero-order valence-electron chi connectivity index (χ0n) is 11.3. The molecule has 0 aromatic heterocycles. The minimum atomic E-state index is -4.42. The van der Waals surface area contributed by atoms with Crippen LogP contribution >= 0.6 is 12.2 Å². The van der Waals surface area contributed by atoms with Gasteiger partial charge in [-0.25, -0.2) is 0 Å². The molecule has 0 amide bonds. The molecule has 3 N–H and O–H groups in total. The molecule has 7 heteroatoms. The van der Waals surface area contributed by atoms with Crippen LogP contribution in [0, 0.1) is 0 Å². The monoisotopic (exact) mass is 306 g/mol. The lowest BCUT2D eigenvalue weighted by Gasteiger charge is -2.19. The third-order valence-corrected chi connectivity index (χ3v) is 2.81. The maximum Gasteiger partial charge on any atom is 0.416 e. The highest BCUT2D eigenvalue weighted by atomic mass is 32.1. The van der Waals surface area contributed by atoms with Crippen LogP contribution in [0.2, 0.25) is 0 Å². The van der Waals surface area contributed by atoms with Crippen molar-refractivity contribution in [3.8, 4) is 0 Å². The number of hydrogen-bond donors (Lipinski definition) is 2. The lowest BCUT2D eigenvalue weighted by Crippen LogP contribution is -2.24. The van der Waals surface area contributed by atoms with Gasteiger partial charge < -0.3 is 15.8 Å². The number of hydrogen-bond acceptors (Lipinski definition) is 3. The smallest absolute Gasteiger partial charge is 0.389 e. The van der Waals surface area contributed by atoms with Crippen molar-refractivity contribution in [3.63, 3.8) is 0 Å². The first kappa shape index (κ1) is 16.7. The molecular formula is C13H17F3N2OS. The van der Waals surface area contributed by atoms with Crippen LogP contribution in [-0.4, -0.2) is 24.2 Å². The van der Waals surface area contributed by atoms with E-state index in [-0.39, 0.29) is 16.6 Å². The lowest BCUT2D eigenvalue weighted by atomic mass is 10.1. The van der Waals surface area contributed by atoms with E-state index in [1.54, 1.807) is 0 Å². The van der Waals surface area contributed by atoms with Gasteiger partial charge in [-0.2, -0.15) is 13.2 Å². The molecule has 0 aliphatic heterocycles. The van der Waals surface area contributed by atoms with E-state index in [2.05, 4.69) is 5.32 Å². The van der Waals surface area contributed by atoms with Crippen molar-refractivity contribution < 1.29 is 17.9 Å². The van der Waals surface area contributed by atoms with Crippen molar-refractivity contribution in [2.75, 3.05) is 18.5 Å². The highest BCUT2D eigenvalue weighted by molar-refractivity contribution is 7.80. The van der Waals surface area contributed by atoms with Crippen molar-refractivity contribution in [1.82, 2.24) is 0 Å². The Kier molecular flexibility index (Phi) is 5.76. The Morgan fingerprint density at radius 3 is 2.60 bits per heavy atom. The van der Waals surface area contributed by atoms with E-state index in [1.165, 1.54) is 6.07 Å². The average molecular weight is 306 g/mol. The lowest BCUT2D eigenvalue weighted by molar-refractivity contribution is -0.137. The zero-order valence-corrected chi connectivity index (χ0v) is 12.1. The molecule has 3 nitrogen and oxygen atoms in total. The van der Waals surface area contributed by atoms with E-state index in [4.69, 9.17) is 22.7 Å². The van der Waals surface area contributed by atoms with Gasteiger partial charge in [0.05, 0.1) is 12.2 Å². The van der Waals surface area contributed by atoms with Gasteiger partial charge in [0.2, 0.25) is 0 Å². The Morgan fingerprint density at radius 1 is 1.45 bits per heavy atom. The van der Waals surface area contributed by atoms with Crippen LogP contribution in [0.4, 0.5) is 18.9 Å². The summed E-state index contributed by atoms with van der Waals surface area (Å²) in [6.45, 7) is 4.73. The normalized spacial score (nSPS) is 13.1. The van der Waals surface area contributed by atoms with Crippen LogP contribution < -0.4 is 11.1 Å². The van der Waals surface area contributed by atoms with Crippen LogP contribution in [0.5, 0.6) is 0 Å². The molecule has 0 spiro atoms. The molecule has 0 heterocycles. The summed E-state index contributed by atoms with van der Waals surface area (Å²) in [5, 5.41) is 3.05. The summed E-state index contributed by atoms with van der Waals surface area (Å²) in [5.41, 5.74) is 5.37. The van der Waals surface area contributed by atoms with E-state index < -0.39 is 11.7 Å². The van der Waals surface area contributed by atoms with Gasteiger partial charge in [-0.1, -0.05) is 12.2 Å². The van der Waals surface area contributed by atoms with Crippen molar-refractivity contribution in [1.29, 1.82) is 0 Å². The minimum Gasteiger partial charge on any atom is -0.389 e. The van der Waals surface area contributed by atoms with E-state index in [9.17, 15) is 13.2 Å². The van der Waals surface area contributed by atoms with E-state index in [0.717, 1.165) is 12.1 Å². The van der Waals surface area contributed by atoms with Crippen molar-refractivity contribution in [2.45, 2.75) is 26.1 Å². The number of benzene rings is 1. The molecule has 0 saturated heterocycles. The standard InChI is InChI=1S/C13H17F3N2OS/c1-3-19-7-8(2)18-11-5-4-9(13(14,15)16)6-10(11)12(17)20/h4-6,8,18H,3,7H2,1-2H3,(H2,17,20). The SMILES string of the molecule is CCOCC(C)Nc1ccc(C(F)(F)F)cc1C(N)=S. The summed E-state index contributed by atoms with van der Waals surface area (Å²) >= 11 is 4.81. The van der Waals surface area contributed by atoms with Gasteiger partial charge in [-0.3, -0.25) is 0 Å². The van der Waals surface area contributed by atoms with Gasteiger partial charge in [0, 0.05) is 23.9 Å². The van der Waals surface area contributed by atoms with Gasteiger partial charge >= 0.3 is 6.18 Å². The van der Waals surface area contributed by atoms with Crippen LogP contribution in [0.3, 0.4) is 0 Å². The Balaban J connectivity index is 2.99. The topological polar surface area (TPSA) is 47.3 Å². The molecule has 1 atom stereocenters. The van der Waals surface area contributed by atoms with Crippen molar-refractivity contribution in [2.24, 2.45) is 5.73 Å². The van der Waals surface area contributed by atoms with Crippen LogP contribution in [0.15, 0.2) is 18.2 Å². The van der Waals surface area contributed by atoms with Gasteiger partial charge in [0.25, 0.3) is 0 Å². The molecule has 20 heavy (non-hydrogen) atoms. The fraction of sp³-hybridized carbons (Fsp3) is 0.462. The summed E-state index contributed by atoms with van der Waals surface area (Å²) in [6.07, 6.45) is -4.42. The third-order valence-electron chi connectivity index (χ3n) is 2.59. The molecule has 0 aliphatic rings. The van der Waals surface area contributed by atoms with Gasteiger partial charge in [0.1, 0.15) is 4.99 Å². The Hall–Kier alpha value is -1.34. The molecule has 1 aromatic rings. The second-order valence-electron chi connectivity index (χ2n) is 4.33. The number of nitrogens with two attached hydrogens (primary N) is 1. The molecule has 1 rings (SSSR count). The van der Waals surface area contributed by atoms with Gasteiger partial charge in [0.15, 0.2) is 0 Å². The summed E-state index contributed by atoms with van der Waals surface area (Å²) < 4.78 is 43.2. The number of halogens is 3. The molecular weight excluding hydrogens is 289 g/mol.